The van der Waals surface area contributed by atoms with Crippen LogP contribution in [0.1, 0.15) is 22.0 Å². The summed E-state index contributed by atoms with van der Waals surface area (Å²) in [6.07, 6.45) is -2.29. The van der Waals surface area contributed by atoms with Crippen molar-refractivity contribution in [2.75, 3.05) is 6.54 Å². The number of nitrogens with two attached hydrogens (primary N) is 1. The Morgan fingerprint density at radius 1 is 1.44 bits per heavy atom. The van der Waals surface area contributed by atoms with Gasteiger partial charge in [0.25, 0.3) is 0 Å². The molecular formula is C10H12BrNO4. The topological polar surface area (TPSA) is 104 Å². The third-order valence-electron chi connectivity index (χ3n) is 2.17. The summed E-state index contributed by atoms with van der Waals surface area (Å²) < 4.78 is 0.415. The van der Waals surface area contributed by atoms with Crippen LogP contribution >= 0.6 is 15.9 Å². The SMILES string of the molecule is NCC(O)C(O)c1ccc(Br)c(C(=O)O)c1. The van der Waals surface area contributed by atoms with Crippen molar-refractivity contribution >= 4 is 21.9 Å². The summed E-state index contributed by atoms with van der Waals surface area (Å²) in [5, 5.41) is 27.9. The average Bonchev–Trinajstić information content (AvgIpc) is 2.27. The fourth-order valence-electron chi connectivity index (χ4n) is 1.24. The van der Waals surface area contributed by atoms with Crippen LogP contribution in [0.15, 0.2) is 22.7 Å². The van der Waals surface area contributed by atoms with Gasteiger partial charge in [-0.2, -0.15) is 0 Å². The molecule has 0 aromatic heterocycles. The lowest BCUT2D eigenvalue weighted by molar-refractivity contribution is 0.0242. The summed E-state index contributed by atoms with van der Waals surface area (Å²) in [5.41, 5.74) is 5.55. The van der Waals surface area contributed by atoms with Crippen LogP contribution in [0.4, 0.5) is 0 Å². The molecule has 0 aliphatic heterocycles. The molecule has 0 aliphatic rings. The molecule has 0 saturated heterocycles. The first-order valence-corrected chi connectivity index (χ1v) is 5.35. The Morgan fingerprint density at radius 2 is 2.06 bits per heavy atom. The number of aliphatic hydroxyl groups excluding tert-OH is 2. The third-order valence-corrected chi connectivity index (χ3v) is 2.86. The van der Waals surface area contributed by atoms with Crippen molar-refractivity contribution in [1.29, 1.82) is 0 Å². The van der Waals surface area contributed by atoms with Crippen molar-refractivity contribution < 1.29 is 20.1 Å². The van der Waals surface area contributed by atoms with Crippen molar-refractivity contribution in [2.45, 2.75) is 12.2 Å². The van der Waals surface area contributed by atoms with Crippen molar-refractivity contribution in [3.8, 4) is 0 Å². The van der Waals surface area contributed by atoms with Gasteiger partial charge in [0.05, 0.1) is 11.7 Å². The first kappa shape index (κ1) is 13.1. The maximum atomic E-state index is 10.8. The molecule has 0 heterocycles. The Hall–Kier alpha value is -0.950. The maximum absolute atomic E-state index is 10.8. The highest BCUT2D eigenvalue weighted by Gasteiger charge is 2.19. The smallest absolute Gasteiger partial charge is 0.336 e. The van der Waals surface area contributed by atoms with Gasteiger partial charge in [0.1, 0.15) is 6.10 Å². The molecule has 2 atom stereocenters. The van der Waals surface area contributed by atoms with Gasteiger partial charge in [0, 0.05) is 11.0 Å². The van der Waals surface area contributed by atoms with Gasteiger partial charge in [-0.3, -0.25) is 0 Å². The summed E-state index contributed by atoms with van der Waals surface area (Å²) in [6, 6.07) is 4.33. The van der Waals surface area contributed by atoms with Gasteiger partial charge in [-0.25, -0.2) is 4.79 Å². The van der Waals surface area contributed by atoms with Crippen molar-refractivity contribution in [1.82, 2.24) is 0 Å². The molecule has 1 aromatic rings. The highest BCUT2D eigenvalue weighted by Crippen LogP contribution is 2.23. The van der Waals surface area contributed by atoms with E-state index in [1.807, 2.05) is 0 Å². The Bertz CT molecular complexity index is 396. The van der Waals surface area contributed by atoms with Crippen LogP contribution in [0, 0.1) is 0 Å². The second-order valence-electron chi connectivity index (χ2n) is 3.29. The largest absolute Gasteiger partial charge is 0.478 e. The monoisotopic (exact) mass is 289 g/mol. The minimum Gasteiger partial charge on any atom is -0.478 e. The van der Waals surface area contributed by atoms with E-state index in [0.717, 1.165) is 0 Å². The average molecular weight is 290 g/mol. The first-order chi connectivity index (χ1) is 7.47. The van der Waals surface area contributed by atoms with Gasteiger partial charge in [-0.1, -0.05) is 6.07 Å². The lowest BCUT2D eigenvalue weighted by Gasteiger charge is -2.17. The number of hydrogen-bond acceptors (Lipinski definition) is 4. The minimum absolute atomic E-state index is 0.0285. The summed E-state index contributed by atoms with van der Waals surface area (Å²) in [7, 11) is 0. The van der Waals surface area contributed by atoms with Crippen LogP contribution in [0.25, 0.3) is 0 Å². The van der Waals surface area contributed by atoms with Gasteiger partial charge in [-0.05, 0) is 33.6 Å². The lowest BCUT2D eigenvalue weighted by atomic mass is 10.0. The number of rotatable bonds is 4. The van der Waals surface area contributed by atoms with Gasteiger partial charge in [0.2, 0.25) is 0 Å². The number of aliphatic hydroxyl groups is 2. The molecule has 0 spiro atoms. The van der Waals surface area contributed by atoms with Crippen LogP contribution in [0.2, 0.25) is 0 Å². The van der Waals surface area contributed by atoms with E-state index in [2.05, 4.69) is 15.9 Å². The minimum atomic E-state index is -1.18. The first-order valence-electron chi connectivity index (χ1n) is 4.56. The van der Waals surface area contributed by atoms with Crippen LogP contribution in [-0.2, 0) is 0 Å². The second kappa shape index (κ2) is 5.40. The fourth-order valence-corrected chi connectivity index (χ4v) is 1.66. The Balaban J connectivity index is 3.07. The van der Waals surface area contributed by atoms with E-state index in [1.165, 1.54) is 18.2 Å². The molecule has 1 aromatic carbocycles. The molecule has 0 saturated carbocycles. The zero-order valence-corrected chi connectivity index (χ0v) is 9.89. The number of carboxylic acids is 1. The summed E-state index contributed by atoms with van der Waals surface area (Å²) in [6.45, 7) is -0.0976. The fraction of sp³-hybridized carbons (Fsp3) is 0.300. The quantitative estimate of drug-likeness (QED) is 0.646. The normalized spacial score (nSPS) is 14.5. The summed E-state index contributed by atoms with van der Waals surface area (Å²) in [4.78, 5) is 10.8. The zero-order chi connectivity index (χ0) is 12.3. The summed E-state index contributed by atoms with van der Waals surface area (Å²) in [5.74, 6) is -1.11. The predicted molar refractivity (Wildman–Crippen MR) is 61.1 cm³/mol. The molecule has 1 rings (SSSR count). The maximum Gasteiger partial charge on any atom is 0.336 e. The number of carbonyl (C=O) groups is 1. The van der Waals surface area contributed by atoms with E-state index < -0.39 is 18.2 Å². The molecule has 6 heteroatoms. The highest BCUT2D eigenvalue weighted by molar-refractivity contribution is 9.10. The van der Waals surface area contributed by atoms with E-state index in [1.54, 1.807) is 0 Å². The van der Waals surface area contributed by atoms with Crippen molar-refractivity contribution in [3.63, 3.8) is 0 Å². The number of carboxylic acid groups (broad SMARTS) is 1. The Kier molecular flexibility index (Phi) is 4.43. The molecule has 5 nitrogen and oxygen atoms in total. The zero-order valence-electron chi connectivity index (χ0n) is 8.30. The number of aromatic carboxylic acids is 1. The van der Waals surface area contributed by atoms with Crippen LogP contribution in [0.3, 0.4) is 0 Å². The second-order valence-corrected chi connectivity index (χ2v) is 4.15. The lowest BCUT2D eigenvalue weighted by Crippen LogP contribution is -2.27. The molecule has 0 fully saturated rings. The molecular weight excluding hydrogens is 278 g/mol. The number of benzene rings is 1. The summed E-state index contributed by atoms with van der Waals surface area (Å²) >= 11 is 3.08. The number of hydrogen-bond donors (Lipinski definition) is 4. The van der Waals surface area contributed by atoms with E-state index in [0.29, 0.717) is 10.0 Å². The molecule has 5 N–H and O–H groups in total. The van der Waals surface area contributed by atoms with E-state index in [9.17, 15) is 15.0 Å². The van der Waals surface area contributed by atoms with Crippen LogP contribution in [-0.4, -0.2) is 33.9 Å². The molecule has 0 amide bonds. The van der Waals surface area contributed by atoms with Gasteiger partial charge < -0.3 is 21.1 Å². The molecule has 0 bridgehead atoms. The molecule has 0 aliphatic carbocycles. The third kappa shape index (κ3) is 2.79. The van der Waals surface area contributed by atoms with Crippen molar-refractivity contribution in [3.05, 3.63) is 33.8 Å². The molecule has 2 unspecified atom stereocenters. The molecule has 0 radical (unpaired) electrons. The predicted octanol–water partition coefficient (Wildman–Crippen LogP) is 0.500. The molecule has 88 valence electrons. The number of halogens is 1. The van der Waals surface area contributed by atoms with Crippen LogP contribution < -0.4 is 5.73 Å². The van der Waals surface area contributed by atoms with Gasteiger partial charge in [0.15, 0.2) is 0 Å². The van der Waals surface area contributed by atoms with Gasteiger partial charge in [-0.15, -0.1) is 0 Å². The van der Waals surface area contributed by atoms with Crippen molar-refractivity contribution in [2.24, 2.45) is 5.73 Å². The van der Waals surface area contributed by atoms with Gasteiger partial charge >= 0.3 is 5.97 Å². The van der Waals surface area contributed by atoms with Crippen LogP contribution in [0.5, 0.6) is 0 Å². The van der Waals surface area contributed by atoms with E-state index >= 15 is 0 Å². The van der Waals surface area contributed by atoms with E-state index in [-0.39, 0.29) is 12.1 Å². The van der Waals surface area contributed by atoms with E-state index in [4.69, 9.17) is 10.8 Å². The Morgan fingerprint density at radius 3 is 2.56 bits per heavy atom. The molecule has 16 heavy (non-hydrogen) atoms. The standard InChI is InChI=1S/C10H12BrNO4/c11-7-2-1-5(3-6(7)10(15)16)9(14)8(13)4-12/h1-3,8-9,13-14H,4,12H2,(H,15,16). The Labute approximate surface area is 101 Å². The highest BCUT2D eigenvalue weighted by atomic mass is 79.9.